The summed E-state index contributed by atoms with van der Waals surface area (Å²) in [7, 11) is 0. The Hall–Kier alpha value is -6.54. The zero-order chi connectivity index (χ0) is 56.1. The number of carbonyl (C=O) groups is 4. The Kier molecular flexibility index (Phi) is 20.4. The van der Waals surface area contributed by atoms with Gasteiger partial charge in [-0.25, -0.2) is 18.7 Å². The first-order chi connectivity index (χ1) is 38.1. The molecule has 16 nitrogen and oxygen atoms in total. The van der Waals surface area contributed by atoms with Gasteiger partial charge in [0.05, 0.1) is 64.4 Å². The smallest absolute Gasteiger partial charge is 0.246 e. The number of hydrogen-bond acceptors (Lipinski definition) is 13. The van der Waals surface area contributed by atoms with Crippen molar-refractivity contribution in [2.45, 2.75) is 142 Å². The van der Waals surface area contributed by atoms with E-state index in [9.17, 15) is 24.3 Å². The molecule has 422 valence electrons. The molecule has 3 aliphatic rings. The molecular formula is C60H76F2N10O6S. The largest absolute Gasteiger partial charge is 0.404 e. The van der Waals surface area contributed by atoms with Crippen LogP contribution in [0.5, 0.6) is 0 Å². The van der Waals surface area contributed by atoms with Gasteiger partial charge in [-0.15, -0.1) is 11.3 Å². The van der Waals surface area contributed by atoms with Crippen LogP contribution in [0.25, 0.3) is 38.2 Å². The standard InChI is InChI=1S/C60H76F2N10O6S/c1-39-56(79-38-67-39)41-19-17-40(18-20-41)33-66-58(76)52-31-45(73)36-72(52)59(77)57(60(2,3)4)69-53(74)15-10-8-6-5-7-9-11-16-54(75)71-23-21-44(22-24-71)64-34-43(32-63)51-35-65-50-14-12-13-46(55(50)68-51)42-29-48(61)47(49(62)30-42)37-70-25-27-78-28-26-70/h12-14,17-20,29-30,32,34-35,38,44-45,52,57,73H,5-11,15-16,21-28,31,33,36-37,63H2,1-4H3,(H,66,76)(H,69,74)/t45?,52?,57-/m1/s1. The van der Waals surface area contributed by atoms with E-state index >= 15 is 8.78 Å². The number of hydrogen-bond donors (Lipinski definition) is 4. The van der Waals surface area contributed by atoms with Crippen molar-refractivity contribution < 1.29 is 37.8 Å². The van der Waals surface area contributed by atoms with Gasteiger partial charge < -0.3 is 36.0 Å². The van der Waals surface area contributed by atoms with Gasteiger partial charge >= 0.3 is 0 Å². The number of benzene rings is 3. The van der Waals surface area contributed by atoms with Crippen LogP contribution in [0, 0.1) is 24.0 Å². The number of fused-ring (bicyclic) bond motifs is 1. The lowest BCUT2D eigenvalue weighted by Crippen LogP contribution is -2.57. The van der Waals surface area contributed by atoms with Crippen molar-refractivity contribution in [2.75, 3.05) is 45.9 Å². The minimum Gasteiger partial charge on any atom is -0.404 e. The third kappa shape index (κ3) is 15.6. The first-order valence-electron chi connectivity index (χ1n) is 27.9. The molecule has 0 aliphatic carbocycles. The SMILES string of the molecule is Cc1ncsc1-c1ccc(CNC(=O)C2CC(O)CN2C(=O)[C@@H](NC(=O)CCCCCCCCCC(=O)N2CCC(N=CC(=CN)c3cnc4cccc(-c5cc(F)c(CN6CCOCC6)c(F)c5)c4n3)CC2)C(C)(C)C)cc1. The fourth-order valence-electron chi connectivity index (χ4n) is 10.6. The van der Waals surface area contributed by atoms with Crippen molar-refractivity contribution in [3.05, 3.63) is 107 Å². The molecule has 5 heterocycles. The zero-order valence-corrected chi connectivity index (χ0v) is 46.8. The number of piperidine rings is 1. The second-order valence-corrected chi connectivity index (χ2v) is 23.0. The summed E-state index contributed by atoms with van der Waals surface area (Å²) < 4.78 is 36.3. The maximum absolute atomic E-state index is 15.4. The number of aliphatic hydroxyl groups is 1. The molecule has 2 aromatic heterocycles. The second-order valence-electron chi connectivity index (χ2n) is 22.2. The van der Waals surface area contributed by atoms with Gasteiger partial charge in [-0.2, -0.15) is 0 Å². The molecule has 4 amide bonds. The monoisotopic (exact) mass is 1100 g/mol. The Labute approximate surface area is 466 Å². The summed E-state index contributed by atoms with van der Waals surface area (Å²) in [5.74, 6) is -2.03. The highest BCUT2D eigenvalue weighted by atomic mass is 32.1. The van der Waals surface area contributed by atoms with E-state index < -0.39 is 35.2 Å². The Balaban J connectivity index is 0.710. The van der Waals surface area contributed by atoms with E-state index in [2.05, 4.69) is 20.6 Å². The van der Waals surface area contributed by atoms with Crippen molar-refractivity contribution in [1.82, 2.24) is 40.3 Å². The van der Waals surface area contributed by atoms with Crippen molar-refractivity contribution in [2.24, 2.45) is 16.1 Å². The molecule has 2 unspecified atom stereocenters. The van der Waals surface area contributed by atoms with Gasteiger partial charge in [-0.05, 0) is 72.9 Å². The van der Waals surface area contributed by atoms with Crippen LogP contribution in [-0.4, -0.2) is 135 Å². The lowest BCUT2D eigenvalue weighted by Gasteiger charge is -2.35. The highest BCUT2D eigenvalue weighted by Crippen LogP contribution is 2.32. The van der Waals surface area contributed by atoms with Crippen LogP contribution in [0.3, 0.4) is 0 Å². The number of amides is 4. The Morgan fingerprint density at radius 1 is 0.911 bits per heavy atom. The van der Waals surface area contributed by atoms with Crippen molar-refractivity contribution >= 4 is 57.8 Å². The number of allylic oxidation sites excluding steroid dienone is 1. The summed E-state index contributed by atoms with van der Waals surface area (Å²) in [6.07, 6.45) is 12.4. The third-order valence-corrected chi connectivity index (χ3v) is 16.2. The predicted octanol–water partition coefficient (Wildman–Crippen LogP) is 8.52. The number of para-hydroxylation sites is 1. The molecule has 79 heavy (non-hydrogen) atoms. The number of carbonyl (C=O) groups excluding carboxylic acids is 4. The van der Waals surface area contributed by atoms with E-state index in [1.165, 1.54) is 23.2 Å². The lowest BCUT2D eigenvalue weighted by atomic mass is 9.85. The molecule has 0 radical (unpaired) electrons. The number of unbranched alkanes of at least 4 members (excludes halogenated alkanes) is 6. The predicted molar refractivity (Wildman–Crippen MR) is 304 cm³/mol. The number of nitrogens with zero attached hydrogens (tertiary/aromatic N) is 7. The molecule has 8 rings (SSSR count). The topological polar surface area (TPSA) is 209 Å². The Morgan fingerprint density at radius 3 is 2.25 bits per heavy atom. The number of halogens is 2. The van der Waals surface area contributed by atoms with E-state index in [1.807, 2.05) is 67.3 Å². The van der Waals surface area contributed by atoms with E-state index in [4.69, 9.17) is 20.4 Å². The fraction of sp³-hybridized carbons (Fsp3) is 0.500. The molecule has 0 spiro atoms. The summed E-state index contributed by atoms with van der Waals surface area (Å²) in [5.41, 5.74) is 13.2. The number of morpholine rings is 1. The number of rotatable bonds is 22. The highest BCUT2D eigenvalue weighted by Gasteiger charge is 2.44. The van der Waals surface area contributed by atoms with Crippen LogP contribution in [0.15, 0.2) is 77.5 Å². The fourth-order valence-corrected chi connectivity index (χ4v) is 11.4. The van der Waals surface area contributed by atoms with Crippen LogP contribution < -0.4 is 16.4 Å². The summed E-state index contributed by atoms with van der Waals surface area (Å²) in [6.45, 7) is 11.6. The average molecular weight is 1100 g/mol. The number of likely N-dealkylation sites (tertiary alicyclic amines) is 2. The number of nitrogens with one attached hydrogen (secondary N) is 2. The molecule has 0 saturated carbocycles. The van der Waals surface area contributed by atoms with E-state index in [-0.39, 0.29) is 67.7 Å². The normalized spacial score (nSPS) is 18.1. The molecule has 19 heteroatoms. The zero-order valence-electron chi connectivity index (χ0n) is 46.0. The molecule has 3 aliphatic heterocycles. The maximum Gasteiger partial charge on any atom is 0.246 e. The quantitative estimate of drug-likeness (QED) is 0.0382. The second kappa shape index (κ2) is 27.6. The summed E-state index contributed by atoms with van der Waals surface area (Å²) in [6, 6.07) is 14.2. The van der Waals surface area contributed by atoms with Gasteiger partial charge in [-0.1, -0.05) is 89.3 Å². The van der Waals surface area contributed by atoms with E-state index in [1.54, 1.807) is 41.9 Å². The van der Waals surface area contributed by atoms with Crippen LogP contribution in [0.1, 0.15) is 120 Å². The molecule has 3 fully saturated rings. The molecule has 3 atom stereocenters. The summed E-state index contributed by atoms with van der Waals surface area (Å²) in [4.78, 5) is 79.0. The molecule has 5 aromatic rings. The van der Waals surface area contributed by atoms with Gasteiger partial charge in [0.25, 0.3) is 0 Å². The molecule has 3 aromatic carbocycles. The van der Waals surface area contributed by atoms with Crippen LogP contribution >= 0.6 is 11.3 Å². The van der Waals surface area contributed by atoms with Gasteiger partial charge in [-0.3, -0.25) is 34.1 Å². The van der Waals surface area contributed by atoms with Gasteiger partial charge in [0.15, 0.2) is 0 Å². The third-order valence-electron chi connectivity index (χ3n) is 15.2. The number of aromatic nitrogens is 3. The van der Waals surface area contributed by atoms with Gasteiger partial charge in [0, 0.05) is 94.2 Å². The molecule has 5 N–H and O–H groups in total. The number of aryl methyl sites for hydroxylation is 1. The van der Waals surface area contributed by atoms with Gasteiger partial charge in [0.1, 0.15) is 23.7 Å². The lowest BCUT2D eigenvalue weighted by molar-refractivity contribution is -0.144. The van der Waals surface area contributed by atoms with Crippen LogP contribution in [-0.2, 0) is 37.0 Å². The number of aliphatic hydroxyl groups excluding tert-OH is 1. The number of nitrogens with two attached hydrogens (primary N) is 1. The maximum atomic E-state index is 15.4. The van der Waals surface area contributed by atoms with Crippen LogP contribution in [0.4, 0.5) is 8.78 Å². The number of aliphatic imine (C=N–C) groups is 1. The minimum absolute atomic E-state index is 0.00308. The van der Waals surface area contributed by atoms with Crippen LogP contribution in [0.2, 0.25) is 0 Å². The molecular weight excluding hydrogens is 1030 g/mol. The highest BCUT2D eigenvalue weighted by molar-refractivity contribution is 7.13. The number of β-amino-alcohol motifs (C(OH)–C–C–N with tert-alkyl or cyclic N) is 1. The van der Waals surface area contributed by atoms with E-state index in [0.717, 1.165) is 60.2 Å². The average Bonchev–Trinajstić information content (AvgIpc) is 4.20. The van der Waals surface area contributed by atoms with Crippen molar-refractivity contribution in [3.8, 4) is 21.6 Å². The van der Waals surface area contributed by atoms with Gasteiger partial charge in [0.2, 0.25) is 23.6 Å². The summed E-state index contributed by atoms with van der Waals surface area (Å²) in [5, 5.41) is 16.5. The molecule has 0 bridgehead atoms. The minimum atomic E-state index is -0.876. The Morgan fingerprint density at radius 2 is 1.59 bits per heavy atom. The first-order valence-corrected chi connectivity index (χ1v) is 28.8. The molecule has 3 saturated heterocycles. The number of thiazole rings is 1. The summed E-state index contributed by atoms with van der Waals surface area (Å²) >= 11 is 1.58. The number of ether oxygens (including phenoxy) is 1. The van der Waals surface area contributed by atoms with Crippen molar-refractivity contribution in [3.63, 3.8) is 0 Å². The first kappa shape index (κ1) is 58.6. The Bertz CT molecular complexity index is 2940. The van der Waals surface area contributed by atoms with E-state index in [0.29, 0.717) is 98.5 Å². The van der Waals surface area contributed by atoms with Crippen molar-refractivity contribution in [1.29, 1.82) is 0 Å².